The van der Waals surface area contributed by atoms with Gasteiger partial charge in [0, 0.05) is 42.1 Å². The number of anilines is 1. The summed E-state index contributed by atoms with van der Waals surface area (Å²) in [5.41, 5.74) is 1.58. The number of benzene rings is 2. The molecule has 30 heavy (non-hydrogen) atoms. The van der Waals surface area contributed by atoms with Crippen molar-refractivity contribution >= 4 is 72.9 Å². The molecule has 1 aliphatic heterocycles. The molecule has 11 heteroatoms. The van der Waals surface area contributed by atoms with Gasteiger partial charge in [0.1, 0.15) is 0 Å². The first kappa shape index (κ1) is 22.1. The monoisotopic (exact) mass is 521 g/mol. The van der Waals surface area contributed by atoms with E-state index >= 15 is 0 Å². The lowest BCUT2D eigenvalue weighted by molar-refractivity contribution is 0.385. The van der Waals surface area contributed by atoms with Crippen LogP contribution < -0.4 is 4.90 Å². The zero-order valence-electron chi connectivity index (χ0n) is 15.4. The zero-order valence-corrected chi connectivity index (χ0v) is 20.0. The summed E-state index contributed by atoms with van der Waals surface area (Å²) in [7, 11) is -3.64. The summed E-state index contributed by atoms with van der Waals surface area (Å²) in [6, 6.07) is 9.64. The summed E-state index contributed by atoms with van der Waals surface area (Å²) in [6.07, 6.45) is 0. The van der Waals surface area contributed by atoms with Gasteiger partial charge in [-0.3, -0.25) is 0 Å². The molecule has 1 aliphatic rings. The molecule has 1 fully saturated rings. The minimum Gasteiger partial charge on any atom is -0.345 e. The third-order valence-corrected chi connectivity index (χ3v) is 8.82. The van der Waals surface area contributed by atoms with Crippen molar-refractivity contribution in [1.82, 2.24) is 9.29 Å². The molecule has 0 saturated carbocycles. The van der Waals surface area contributed by atoms with Crippen molar-refractivity contribution in [3.8, 4) is 11.3 Å². The second kappa shape index (κ2) is 8.82. The van der Waals surface area contributed by atoms with Crippen LogP contribution in [0.25, 0.3) is 11.3 Å². The maximum absolute atomic E-state index is 12.9. The van der Waals surface area contributed by atoms with Gasteiger partial charge in [0.15, 0.2) is 5.13 Å². The molecule has 3 aromatic rings. The van der Waals surface area contributed by atoms with Gasteiger partial charge in [-0.1, -0.05) is 46.4 Å². The highest BCUT2D eigenvalue weighted by Crippen LogP contribution is 2.34. The van der Waals surface area contributed by atoms with E-state index in [0.29, 0.717) is 41.2 Å². The molecule has 2 heterocycles. The number of nitrogens with zero attached hydrogens (tertiary/aromatic N) is 3. The van der Waals surface area contributed by atoms with Gasteiger partial charge in [-0.05, 0) is 36.4 Å². The van der Waals surface area contributed by atoms with E-state index < -0.39 is 10.0 Å². The highest BCUT2D eigenvalue weighted by atomic mass is 35.5. The molecule has 1 aromatic heterocycles. The number of piperazine rings is 1. The molecule has 1 saturated heterocycles. The molecule has 0 amide bonds. The third kappa shape index (κ3) is 4.43. The van der Waals surface area contributed by atoms with Crippen LogP contribution in [0.2, 0.25) is 20.1 Å². The fourth-order valence-corrected chi connectivity index (χ4v) is 6.33. The van der Waals surface area contributed by atoms with Crippen LogP contribution >= 0.6 is 57.7 Å². The van der Waals surface area contributed by atoms with Crippen molar-refractivity contribution in [2.24, 2.45) is 0 Å². The van der Waals surface area contributed by atoms with Crippen molar-refractivity contribution in [1.29, 1.82) is 0 Å². The van der Waals surface area contributed by atoms with Gasteiger partial charge in [-0.2, -0.15) is 4.31 Å². The predicted molar refractivity (Wildman–Crippen MR) is 125 cm³/mol. The Morgan fingerprint density at radius 3 is 2.27 bits per heavy atom. The minimum atomic E-state index is -3.64. The summed E-state index contributed by atoms with van der Waals surface area (Å²) < 4.78 is 27.3. The molecule has 0 spiro atoms. The van der Waals surface area contributed by atoms with Crippen molar-refractivity contribution in [3.63, 3.8) is 0 Å². The smallest absolute Gasteiger partial charge is 0.243 e. The van der Waals surface area contributed by atoms with E-state index in [-0.39, 0.29) is 9.92 Å². The molecular weight excluding hydrogens is 508 g/mol. The lowest BCUT2D eigenvalue weighted by Crippen LogP contribution is -2.48. The van der Waals surface area contributed by atoms with Crippen molar-refractivity contribution < 1.29 is 8.42 Å². The minimum absolute atomic E-state index is 0.138. The third-order valence-electron chi connectivity index (χ3n) is 4.74. The molecular formula is C19H15Cl4N3O2S2. The van der Waals surface area contributed by atoms with E-state index in [0.717, 1.165) is 16.4 Å². The standard InChI is InChI=1S/C19H15Cl4N3O2S2/c20-12-1-3-14(16(22)9-12)18-11-29-19(24-18)25-5-7-26(8-6-25)30(27,28)13-2-4-15(21)17(23)10-13/h1-4,9-11H,5-8H2. The number of aromatic nitrogens is 1. The summed E-state index contributed by atoms with van der Waals surface area (Å²) >= 11 is 25.6. The Morgan fingerprint density at radius 2 is 1.60 bits per heavy atom. The lowest BCUT2D eigenvalue weighted by atomic mass is 10.2. The SMILES string of the molecule is O=S(=O)(c1ccc(Cl)c(Cl)c1)N1CCN(c2nc(-c3ccc(Cl)cc3Cl)cs2)CC1. The Hall–Kier alpha value is -1.06. The topological polar surface area (TPSA) is 53.5 Å². The molecule has 0 bridgehead atoms. The second-order valence-electron chi connectivity index (χ2n) is 6.61. The van der Waals surface area contributed by atoms with E-state index in [4.69, 9.17) is 46.4 Å². The number of halogens is 4. The zero-order chi connectivity index (χ0) is 21.5. The van der Waals surface area contributed by atoms with E-state index in [1.54, 1.807) is 12.1 Å². The normalized spacial score (nSPS) is 15.5. The Bertz CT molecular complexity index is 1190. The Labute approximate surface area is 198 Å². The molecule has 4 rings (SSSR count). The van der Waals surface area contributed by atoms with E-state index in [2.05, 4.69) is 9.88 Å². The second-order valence-corrected chi connectivity index (χ2v) is 11.0. The summed E-state index contributed by atoms with van der Waals surface area (Å²) in [5, 5.41) is 4.40. The lowest BCUT2D eigenvalue weighted by Gasteiger charge is -2.33. The maximum Gasteiger partial charge on any atom is 0.243 e. The van der Waals surface area contributed by atoms with Crippen molar-refractivity contribution in [2.45, 2.75) is 4.90 Å². The van der Waals surface area contributed by atoms with Crippen LogP contribution in [0.1, 0.15) is 0 Å². The number of sulfonamides is 1. The molecule has 2 aromatic carbocycles. The molecule has 0 unspecified atom stereocenters. The van der Waals surface area contributed by atoms with Crippen LogP contribution in [-0.2, 0) is 10.0 Å². The summed E-state index contributed by atoms with van der Waals surface area (Å²) in [4.78, 5) is 6.88. The van der Waals surface area contributed by atoms with E-state index in [1.807, 2.05) is 11.4 Å². The molecule has 158 valence electrons. The molecule has 0 radical (unpaired) electrons. The largest absolute Gasteiger partial charge is 0.345 e. The quantitative estimate of drug-likeness (QED) is 0.425. The molecule has 0 atom stereocenters. The van der Waals surface area contributed by atoms with Gasteiger partial charge in [-0.25, -0.2) is 13.4 Å². The van der Waals surface area contributed by atoms with Crippen LogP contribution in [0, 0.1) is 0 Å². The fraction of sp³-hybridized carbons (Fsp3) is 0.211. The van der Waals surface area contributed by atoms with Crippen LogP contribution in [0.15, 0.2) is 46.7 Å². The summed E-state index contributed by atoms with van der Waals surface area (Å²) in [6.45, 7) is 1.75. The predicted octanol–water partition coefficient (Wildman–Crippen LogP) is 5.93. The first-order valence-corrected chi connectivity index (χ1v) is 12.7. The Kier molecular flexibility index (Phi) is 6.51. The van der Waals surface area contributed by atoms with Crippen molar-refractivity contribution in [3.05, 3.63) is 61.9 Å². The summed E-state index contributed by atoms with van der Waals surface area (Å²) in [5.74, 6) is 0. The van der Waals surface area contributed by atoms with Crippen LogP contribution in [0.3, 0.4) is 0 Å². The number of hydrogen-bond donors (Lipinski definition) is 0. The average molecular weight is 523 g/mol. The van der Waals surface area contributed by atoms with Crippen LogP contribution in [0.5, 0.6) is 0 Å². The number of thiazole rings is 1. The van der Waals surface area contributed by atoms with Crippen LogP contribution in [0.4, 0.5) is 5.13 Å². The Morgan fingerprint density at radius 1 is 0.867 bits per heavy atom. The molecule has 0 aliphatic carbocycles. The van der Waals surface area contributed by atoms with E-state index in [9.17, 15) is 8.42 Å². The first-order chi connectivity index (χ1) is 14.3. The Balaban J connectivity index is 1.47. The fourth-order valence-electron chi connectivity index (χ4n) is 3.14. The van der Waals surface area contributed by atoms with Crippen molar-refractivity contribution in [2.75, 3.05) is 31.1 Å². The molecule has 5 nitrogen and oxygen atoms in total. The van der Waals surface area contributed by atoms with Crippen LogP contribution in [-0.4, -0.2) is 43.9 Å². The van der Waals surface area contributed by atoms with Gasteiger partial charge < -0.3 is 4.90 Å². The first-order valence-electron chi connectivity index (χ1n) is 8.87. The average Bonchev–Trinajstić information content (AvgIpc) is 3.20. The van der Waals surface area contributed by atoms with Gasteiger partial charge in [-0.15, -0.1) is 11.3 Å². The van der Waals surface area contributed by atoms with Gasteiger partial charge >= 0.3 is 0 Å². The highest BCUT2D eigenvalue weighted by molar-refractivity contribution is 7.89. The van der Waals surface area contributed by atoms with Gasteiger partial charge in [0.25, 0.3) is 0 Å². The van der Waals surface area contributed by atoms with Gasteiger partial charge in [0.2, 0.25) is 10.0 Å². The number of hydrogen-bond acceptors (Lipinski definition) is 5. The highest BCUT2D eigenvalue weighted by Gasteiger charge is 2.30. The molecule has 0 N–H and O–H groups in total. The van der Waals surface area contributed by atoms with E-state index in [1.165, 1.54) is 33.8 Å². The maximum atomic E-state index is 12.9. The number of rotatable bonds is 4. The van der Waals surface area contributed by atoms with Gasteiger partial charge in [0.05, 0.1) is 25.7 Å².